The van der Waals surface area contributed by atoms with E-state index >= 15 is 0 Å². The first kappa shape index (κ1) is 23.5. The van der Waals surface area contributed by atoms with E-state index in [9.17, 15) is 9.90 Å². The van der Waals surface area contributed by atoms with Gasteiger partial charge >= 0.3 is 0 Å². The minimum atomic E-state index is -0.804. The van der Waals surface area contributed by atoms with E-state index in [0.29, 0.717) is 23.6 Å². The number of aryl methyl sites for hydroxylation is 2. The van der Waals surface area contributed by atoms with Crippen molar-refractivity contribution in [1.29, 1.82) is 0 Å². The first-order valence-electron chi connectivity index (χ1n) is 12.9. The number of hydrogen-bond donors (Lipinski definition) is 1. The van der Waals surface area contributed by atoms with E-state index in [1.165, 1.54) is 5.56 Å². The largest absolute Gasteiger partial charge is 0.493 e. The van der Waals surface area contributed by atoms with E-state index in [2.05, 4.69) is 29.0 Å². The number of fused-ring (bicyclic) bond motifs is 6. The maximum atomic E-state index is 11.5. The summed E-state index contributed by atoms with van der Waals surface area (Å²) >= 11 is 0. The van der Waals surface area contributed by atoms with Crippen LogP contribution in [-0.2, 0) is 19.5 Å². The number of ether oxygens (including phenoxy) is 4. The van der Waals surface area contributed by atoms with Crippen LogP contribution in [0.15, 0.2) is 67.0 Å². The third kappa shape index (κ3) is 3.95. The van der Waals surface area contributed by atoms with Crippen molar-refractivity contribution < 1.29 is 33.4 Å². The number of nitrogens with zero attached hydrogens (tertiary/aromatic N) is 2. The molecule has 4 heterocycles. The molecule has 1 N–H and O–H groups in total. The van der Waals surface area contributed by atoms with E-state index in [1.807, 2.05) is 41.0 Å². The van der Waals surface area contributed by atoms with E-state index in [4.69, 9.17) is 18.9 Å². The third-order valence-electron chi connectivity index (χ3n) is 7.57. The first-order chi connectivity index (χ1) is 19.1. The van der Waals surface area contributed by atoms with Gasteiger partial charge in [0.15, 0.2) is 42.0 Å². The van der Waals surface area contributed by atoms with Gasteiger partial charge < -0.3 is 28.6 Å². The summed E-state index contributed by atoms with van der Waals surface area (Å²) in [5.41, 5.74) is 4.97. The van der Waals surface area contributed by atoms with Crippen LogP contribution < -0.4 is 23.5 Å². The van der Waals surface area contributed by atoms with E-state index < -0.39 is 6.10 Å². The molecule has 2 aliphatic rings. The van der Waals surface area contributed by atoms with Gasteiger partial charge in [-0.2, -0.15) is 4.57 Å². The van der Waals surface area contributed by atoms with Crippen LogP contribution in [-0.4, -0.2) is 42.6 Å². The second-order valence-corrected chi connectivity index (χ2v) is 9.90. The molecule has 0 radical (unpaired) electrons. The Kier molecular flexibility index (Phi) is 5.63. The average Bonchev–Trinajstić information content (AvgIpc) is 3.57. The van der Waals surface area contributed by atoms with Crippen LogP contribution in [0.1, 0.15) is 15.9 Å². The summed E-state index contributed by atoms with van der Waals surface area (Å²) in [6.07, 6.45) is 4.78. The number of aldehydes is 1. The quantitative estimate of drug-likeness (QED) is 0.253. The second kappa shape index (κ2) is 9.32. The predicted octanol–water partition coefficient (Wildman–Crippen LogP) is 4.29. The molecule has 1 atom stereocenters. The number of hydrogen-bond acceptors (Lipinski definition) is 6. The van der Waals surface area contributed by atoms with Gasteiger partial charge in [-0.15, -0.1) is 0 Å². The van der Waals surface area contributed by atoms with Gasteiger partial charge in [-0.25, -0.2) is 0 Å². The van der Waals surface area contributed by atoms with Crippen LogP contribution >= 0.6 is 0 Å². The molecule has 0 aliphatic carbocycles. The highest BCUT2D eigenvalue weighted by atomic mass is 16.7. The number of aliphatic hydroxyl groups excluding tert-OH is 1. The molecule has 2 aromatic heterocycles. The lowest BCUT2D eigenvalue weighted by molar-refractivity contribution is -0.686. The molecule has 8 nitrogen and oxygen atoms in total. The molecular weight excluding hydrogens is 496 g/mol. The van der Waals surface area contributed by atoms with Gasteiger partial charge in [0, 0.05) is 35.2 Å². The minimum Gasteiger partial charge on any atom is -0.493 e. The molecule has 0 bridgehead atoms. The number of carbonyl (C=O) groups is 1. The summed E-state index contributed by atoms with van der Waals surface area (Å²) in [4.78, 5) is 11.5. The summed E-state index contributed by atoms with van der Waals surface area (Å²) in [5, 5.41) is 13.7. The van der Waals surface area contributed by atoms with Gasteiger partial charge in [-0.05, 0) is 41.3 Å². The van der Waals surface area contributed by atoms with Gasteiger partial charge in [-0.1, -0.05) is 18.2 Å². The van der Waals surface area contributed by atoms with Crippen molar-refractivity contribution in [3.8, 4) is 34.3 Å². The van der Waals surface area contributed by atoms with Crippen molar-refractivity contribution >= 4 is 28.0 Å². The predicted molar refractivity (Wildman–Crippen MR) is 145 cm³/mol. The lowest BCUT2D eigenvalue weighted by Gasteiger charge is -2.19. The fourth-order valence-corrected chi connectivity index (χ4v) is 5.69. The van der Waals surface area contributed by atoms with Crippen molar-refractivity contribution in [3.05, 3.63) is 78.1 Å². The van der Waals surface area contributed by atoms with E-state index in [0.717, 1.165) is 63.7 Å². The summed E-state index contributed by atoms with van der Waals surface area (Å²) < 4.78 is 27.2. The molecule has 1 unspecified atom stereocenters. The minimum absolute atomic E-state index is 0.0620. The van der Waals surface area contributed by atoms with Crippen molar-refractivity contribution in [1.82, 2.24) is 4.57 Å². The molecule has 3 aromatic carbocycles. The van der Waals surface area contributed by atoms with Crippen LogP contribution in [0.25, 0.3) is 32.9 Å². The molecule has 2 aliphatic heterocycles. The maximum absolute atomic E-state index is 11.5. The second-order valence-electron chi connectivity index (χ2n) is 9.90. The Morgan fingerprint density at radius 3 is 2.79 bits per heavy atom. The molecule has 8 heteroatoms. The molecule has 0 amide bonds. The fourth-order valence-electron chi connectivity index (χ4n) is 5.69. The topological polar surface area (TPSA) is 83.0 Å². The zero-order chi connectivity index (χ0) is 26.5. The van der Waals surface area contributed by atoms with Gasteiger partial charge in [-0.3, -0.25) is 4.79 Å². The number of pyridine rings is 1. The fraction of sp³-hybridized carbons (Fsp3) is 0.226. The molecule has 5 aromatic rings. The highest BCUT2D eigenvalue weighted by Gasteiger charge is 2.29. The number of aliphatic hydroxyl groups is 1. The van der Waals surface area contributed by atoms with Crippen molar-refractivity contribution in [2.75, 3.05) is 20.5 Å². The van der Waals surface area contributed by atoms with Gasteiger partial charge in [0.05, 0.1) is 24.6 Å². The van der Waals surface area contributed by atoms with E-state index in [1.54, 1.807) is 13.3 Å². The summed E-state index contributed by atoms with van der Waals surface area (Å²) in [5.74, 6) is 2.76. The smallest absolute Gasteiger partial charge is 0.231 e. The van der Waals surface area contributed by atoms with Crippen LogP contribution in [0.4, 0.5) is 0 Å². The lowest BCUT2D eigenvalue weighted by Crippen LogP contribution is -2.40. The SMILES string of the molecule is COc1ccc2cc3[n+](cc2c1OCC(O)Cn1cc(C=O)c2ccccc21)CCc1cc2c(cc1-3)OCO2. The zero-order valence-corrected chi connectivity index (χ0v) is 21.4. The van der Waals surface area contributed by atoms with Crippen molar-refractivity contribution in [2.24, 2.45) is 0 Å². The highest BCUT2D eigenvalue weighted by molar-refractivity contribution is 5.97. The number of carbonyl (C=O) groups excluding carboxylic acids is 1. The zero-order valence-electron chi connectivity index (χ0n) is 21.4. The normalized spacial score (nSPS) is 14.2. The van der Waals surface area contributed by atoms with Crippen LogP contribution in [0, 0.1) is 0 Å². The molecule has 0 saturated heterocycles. The van der Waals surface area contributed by atoms with Crippen LogP contribution in [0.2, 0.25) is 0 Å². The number of para-hydroxylation sites is 1. The van der Waals surface area contributed by atoms with Crippen molar-refractivity contribution in [3.63, 3.8) is 0 Å². The highest BCUT2D eigenvalue weighted by Crippen LogP contribution is 2.41. The molecule has 0 spiro atoms. The molecule has 0 saturated carbocycles. The Labute approximate surface area is 224 Å². The summed E-state index contributed by atoms with van der Waals surface area (Å²) in [7, 11) is 1.61. The molecule has 0 fully saturated rings. The van der Waals surface area contributed by atoms with Crippen LogP contribution in [0.5, 0.6) is 23.0 Å². The molecule has 7 rings (SSSR count). The average molecular weight is 524 g/mol. The summed E-state index contributed by atoms with van der Waals surface area (Å²) in [6.45, 7) is 1.42. The number of aromatic nitrogens is 2. The Morgan fingerprint density at radius 1 is 1.10 bits per heavy atom. The number of methoxy groups -OCH3 is 1. The monoisotopic (exact) mass is 523 g/mol. The Morgan fingerprint density at radius 2 is 1.95 bits per heavy atom. The first-order valence-corrected chi connectivity index (χ1v) is 12.9. The molecule has 39 heavy (non-hydrogen) atoms. The maximum Gasteiger partial charge on any atom is 0.231 e. The Bertz CT molecular complexity index is 1760. The van der Waals surface area contributed by atoms with E-state index in [-0.39, 0.29) is 13.4 Å². The molecular formula is C31H27N2O6+. The standard InChI is InChI=1S/C31H27N2O6/c1-36-28-7-6-19-10-27-24-12-30-29(38-18-39-30)11-20(24)8-9-32(27)15-25(19)31(28)37-17-22(35)14-33-13-21(16-34)23-4-2-3-5-26(23)33/h2-7,10-13,15-16,22,35H,8-9,14,17-18H2,1H3/q+1. The number of benzene rings is 3. The Hall–Kier alpha value is -4.56. The van der Waals surface area contributed by atoms with Gasteiger partial charge in [0.1, 0.15) is 12.7 Å². The van der Waals surface area contributed by atoms with Crippen molar-refractivity contribution in [2.45, 2.75) is 25.6 Å². The number of rotatable bonds is 7. The van der Waals surface area contributed by atoms with Gasteiger partial charge in [0.25, 0.3) is 0 Å². The lowest BCUT2D eigenvalue weighted by atomic mass is 9.95. The third-order valence-corrected chi connectivity index (χ3v) is 7.57. The molecule has 196 valence electrons. The Balaban J connectivity index is 1.20. The van der Waals surface area contributed by atoms with Crippen LogP contribution in [0.3, 0.4) is 0 Å². The summed E-state index contributed by atoms with van der Waals surface area (Å²) in [6, 6.07) is 17.9. The van der Waals surface area contributed by atoms with Gasteiger partial charge in [0.2, 0.25) is 12.5 Å².